The van der Waals surface area contributed by atoms with E-state index in [2.05, 4.69) is 0 Å². The van der Waals surface area contributed by atoms with Crippen molar-refractivity contribution in [2.75, 3.05) is 40.4 Å². The van der Waals surface area contributed by atoms with Gasteiger partial charge < -0.3 is 24.4 Å². The van der Waals surface area contributed by atoms with Crippen LogP contribution in [0.3, 0.4) is 0 Å². The molecule has 7 nitrogen and oxygen atoms in total. The molecule has 2 aliphatic rings. The van der Waals surface area contributed by atoms with Gasteiger partial charge in [-0.25, -0.2) is 0 Å². The predicted molar refractivity (Wildman–Crippen MR) is 111 cm³/mol. The lowest BCUT2D eigenvalue weighted by Crippen LogP contribution is -2.35. The zero-order valence-electron chi connectivity index (χ0n) is 17.0. The SMILES string of the molecule is CN(C)CCN1C(=O)C(=O)C(=C(O)c2ccc3c(c2)OCCO3)[C@H]1c1ccccc1. The summed E-state index contributed by atoms with van der Waals surface area (Å²) in [5.74, 6) is -0.418. The van der Waals surface area contributed by atoms with Crippen LogP contribution in [0, 0.1) is 0 Å². The lowest BCUT2D eigenvalue weighted by molar-refractivity contribution is -0.140. The number of aliphatic hydroxyl groups excluding tert-OH is 1. The molecule has 1 amide bonds. The summed E-state index contributed by atoms with van der Waals surface area (Å²) >= 11 is 0. The van der Waals surface area contributed by atoms with E-state index in [-0.39, 0.29) is 11.3 Å². The smallest absolute Gasteiger partial charge is 0.295 e. The first kappa shape index (κ1) is 20.0. The van der Waals surface area contributed by atoms with Crippen molar-refractivity contribution in [2.45, 2.75) is 6.04 Å². The molecule has 0 radical (unpaired) electrons. The molecule has 4 rings (SSSR count). The number of hydrogen-bond donors (Lipinski definition) is 1. The summed E-state index contributed by atoms with van der Waals surface area (Å²) in [6.45, 7) is 1.84. The Labute approximate surface area is 175 Å². The van der Waals surface area contributed by atoms with Gasteiger partial charge in [0.15, 0.2) is 11.5 Å². The van der Waals surface area contributed by atoms with E-state index in [0.29, 0.717) is 43.4 Å². The van der Waals surface area contributed by atoms with Gasteiger partial charge in [-0.05, 0) is 37.9 Å². The lowest BCUT2D eigenvalue weighted by atomic mass is 9.95. The number of amides is 1. The number of Topliss-reactive ketones (excluding diaryl/α,β-unsaturated/α-hetero) is 1. The largest absolute Gasteiger partial charge is 0.507 e. The van der Waals surface area contributed by atoms with Crippen LogP contribution in [0.5, 0.6) is 11.5 Å². The normalized spacial score (nSPS) is 20.1. The molecule has 156 valence electrons. The Morgan fingerprint density at radius 2 is 1.77 bits per heavy atom. The van der Waals surface area contributed by atoms with E-state index in [9.17, 15) is 14.7 Å². The van der Waals surface area contributed by atoms with Crippen LogP contribution in [0.4, 0.5) is 0 Å². The van der Waals surface area contributed by atoms with Crippen LogP contribution < -0.4 is 9.47 Å². The first-order chi connectivity index (χ1) is 14.5. The molecule has 2 aliphatic heterocycles. The third-order valence-electron chi connectivity index (χ3n) is 5.26. The van der Waals surface area contributed by atoms with Gasteiger partial charge in [-0.3, -0.25) is 9.59 Å². The Morgan fingerprint density at radius 1 is 1.07 bits per heavy atom. The molecular weight excluding hydrogens is 384 g/mol. The van der Waals surface area contributed by atoms with Crippen molar-refractivity contribution in [3.05, 3.63) is 65.2 Å². The van der Waals surface area contributed by atoms with Gasteiger partial charge in [-0.2, -0.15) is 0 Å². The quantitative estimate of drug-likeness (QED) is 0.465. The molecule has 0 aliphatic carbocycles. The Bertz CT molecular complexity index is 1000. The minimum atomic E-state index is -0.685. The monoisotopic (exact) mass is 408 g/mol. The number of ether oxygens (including phenoxy) is 2. The van der Waals surface area contributed by atoms with Crippen LogP contribution in [-0.2, 0) is 9.59 Å². The van der Waals surface area contributed by atoms with E-state index in [1.165, 1.54) is 4.90 Å². The van der Waals surface area contributed by atoms with Gasteiger partial charge >= 0.3 is 0 Å². The number of rotatable bonds is 5. The van der Waals surface area contributed by atoms with E-state index in [1.54, 1.807) is 18.2 Å². The van der Waals surface area contributed by atoms with Crippen molar-refractivity contribution >= 4 is 17.4 Å². The van der Waals surface area contributed by atoms with E-state index in [4.69, 9.17) is 9.47 Å². The number of fused-ring (bicyclic) bond motifs is 1. The zero-order valence-corrected chi connectivity index (χ0v) is 17.0. The van der Waals surface area contributed by atoms with Gasteiger partial charge in [0.1, 0.15) is 19.0 Å². The molecule has 30 heavy (non-hydrogen) atoms. The number of likely N-dealkylation sites (tertiary alicyclic amines) is 1. The molecule has 1 fully saturated rings. The first-order valence-electron chi connectivity index (χ1n) is 9.85. The van der Waals surface area contributed by atoms with Crippen LogP contribution in [0.1, 0.15) is 17.2 Å². The number of carbonyl (C=O) groups excluding carboxylic acids is 2. The maximum absolute atomic E-state index is 13.0. The fourth-order valence-electron chi connectivity index (χ4n) is 3.75. The average molecular weight is 408 g/mol. The van der Waals surface area contributed by atoms with Gasteiger partial charge in [0.2, 0.25) is 0 Å². The van der Waals surface area contributed by atoms with Crippen molar-refractivity contribution < 1.29 is 24.2 Å². The summed E-state index contributed by atoms with van der Waals surface area (Å²) in [6, 6.07) is 13.6. The van der Waals surface area contributed by atoms with Gasteiger partial charge in [0.05, 0.1) is 11.6 Å². The highest BCUT2D eigenvalue weighted by Gasteiger charge is 2.45. The van der Waals surface area contributed by atoms with Crippen LogP contribution >= 0.6 is 0 Å². The standard InChI is InChI=1S/C23H24N2O5/c1-24(2)10-11-25-20(15-6-4-3-5-7-15)19(22(27)23(25)28)21(26)16-8-9-17-18(14-16)30-13-12-29-17/h3-9,14,20,26H,10-13H2,1-2H3/t20-/m1/s1. The molecule has 1 N–H and O–H groups in total. The summed E-state index contributed by atoms with van der Waals surface area (Å²) in [4.78, 5) is 29.3. The molecule has 0 saturated carbocycles. The molecule has 0 unspecified atom stereocenters. The number of carbonyl (C=O) groups is 2. The average Bonchev–Trinajstić information content (AvgIpc) is 3.02. The Hall–Kier alpha value is -3.32. The van der Waals surface area contributed by atoms with Crippen LogP contribution in [0.15, 0.2) is 54.1 Å². The third-order valence-corrected chi connectivity index (χ3v) is 5.26. The molecule has 0 spiro atoms. The lowest BCUT2D eigenvalue weighted by Gasteiger charge is -2.26. The Kier molecular flexibility index (Phi) is 5.46. The highest BCUT2D eigenvalue weighted by Crippen LogP contribution is 2.40. The molecular formula is C23H24N2O5. The summed E-state index contributed by atoms with van der Waals surface area (Å²) in [7, 11) is 3.81. The number of nitrogens with zero attached hydrogens (tertiary/aromatic N) is 2. The predicted octanol–water partition coefficient (Wildman–Crippen LogP) is 2.44. The van der Waals surface area contributed by atoms with Gasteiger partial charge in [0, 0.05) is 18.7 Å². The fourth-order valence-corrected chi connectivity index (χ4v) is 3.75. The maximum atomic E-state index is 13.0. The third kappa shape index (κ3) is 3.64. The van der Waals surface area contributed by atoms with Gasteiger partial charge in [0.25, 0.3) is 11.7 Å². The number of benzene rings is 2. The first-order valence-corrected chi connectivity index (χ1v) is 9.85. The number of likely N-dealkylation sites (N-methyl/N-ethyl adjacent to an activating group) is 1. The van der Waals surface area contributed by atoms with Crippen LogP contribution in [0.2, 0.25) is 0 Å². The van der Waals surface area contributed by atoms with Gasteiger partial charge in [-0.1, -0.05) is 30.3 Å². The van der Waals surface area contributed by atoms with E-state index >= 15 is 0 Å². The summed E-state index contributed by atoms with van der Waals surface area (Å²) in [5, 5.41) is 11.1. The molecule has 2 aromatic rings. The highest BCUT2D eigenvalue weighted by molar-refractivity contribution is 6.46. The minimum absolute atomic E-state index is 0.0848. The number of aliphatic hydroxyl groups is 1. The van der Waals surface area contributed by atoms with E-state index in [1.807, 2.05) is 49.3 Å². The Morgan fingerprint density at radius 3 is 2.47 bits per heavy atom. The number of ketones is 1. The summed E-state index contributed by atoms with van der Waals surface area (Å²) in [6.07, 6.45) is 0. The second-order valence-corrected chi connectivity index (χ2v) is 7.56. The number of hydrogen-bond acceptors (Lipinski definition) is 6. The van der Waals surface area contributed by atoms with Crippen LogP contribution in [-0.4, -0.2) is 67.0 Å². The Balaban J connectivity index is 1.81. The zero-order chi connectivity index (χ0) is 21.3. The van der Waals surface area contributed by atoms with Gasteiger partial charge in [-0.15, -0.1) is 0 Å². The molecule has 0 bridgehead atoms. The molecule has 2 heterocycles. The molecule has 1 saturated heterocycles. The summed E-state index contributed by atoms with van der Waals surface area (Å²) in [5.41, 5.74) is 1.27. The van der Waals surface area contributed by atoms with Crippen LogP contribution in [0.25, 0.3) is 5.76 Å². The van der Waals surface area contributed by atoms with E-state index in [0.717, 1.165) is 5.56 Å². The topological polar surface area (TPSA) is 79.3 Å². The minimum Gasteiger partial charge on any atom is -0.507 e. The highest BCUT2D eigenvalue weighted by atomic mass is 16.6. The van der Waals surface area contributed by atoms with Crippen molar-refractivity contribution in [3.8, 4) is 11.5 Å². The fraction of sp³-hybridized carbons (Fsp3) is 0.304. The van der Waals surface area contributed by atoms with Crippen molar-refractivity contribution in [1.29, 1.82) is 0 Å². The molecule has 2 aromatic carbocycles. The van der Waals surface area contributed by atoms with Crippen molar-refractivity contribution in [2.24, 2.45) is 0 Å². The second kappa shape index (κ2) is 8.20. The molecule has 0 aromatic heterocycles. The van der Waals surface area contributed by atoms with E-state index < -0.39 is 17.7 Å². The van der Waals surface area contributed by atoms with Crippen molar-refractivity contribution in [1.82, 2.24) is 9.80 Å². The second-order valence-electron chi connectivity index (χ2n) is 7.56. The maximum Gasteiger partial charge on any atom is 0.295 e. The summed E-state index contributed by atoms with van der Waals surface area (Å²) < 4.78 is 11.1. The van der Waals surface area contributed by atoms with Crippen molar-refractivity contribution in [3.63, 3.8) is 0 Å². The molecule has 1 atom stereocenters. The molecule has 7 heteroatoms.